The van der Waals surface area contributed by atoms with Crippen molar-refractivity contribution in [3.05, 3.63) is 82.8 Å². The molecule has 2 N–H and O–H groups in total. The fourth-order valence-electron chi connectivity index (χ4n) is 8.30. The number of fused-ring (bicyclic) bond motifs is 5. The number of rotatable bonds is 11. The predicted molar refractivity (Wildman–Crippen MR) is 209 cm³/mol. The standard InChI is InChI=1S/C41H50N6O5S/c1-6-26(3)53(50,51)44-40(48)28-15-17-34-36(22-28)47-25-30(38-35(24-43-45(38)4)41(49)42-23-31-14-11-19-46(31)7-2)20-29-21-32(52-5)16-18-33(29)39(47)37(34)27-12-9-8-10-13-27/h11,15-22,24,26-27,31H,6-10,12-14,23,25H2,1-5H3,(H,42,49)(H,44,48)/t26?,31-/m0/s1. The van der Waals surface area contributed by atoms with Gasteiger partial charge >= 0.3 is 0 Å². The molecule has 2 aliphatic heterocycles. The van der Waals surface area contributed by atoms with Crippen molar-refractivity contribution in [2.24, 2.45) is 7.05 Å². The lowest BCUT2D eigenvalue weighted by Gasteiger charge is -2.24. The third kappa shape index (κ3) is 6.89. The normalized spacial score (nSPS) is 17.9. The molecule has 3 aliphatic rings. The van der Waals surface area contributed by atoms with E-state index in [1.54, 1.807) is 37.9 Å². The van der Waals surface area contributed by atoms with Crippen LogP contribution in [0.5, 0.6) is 5.75 Å². The van der Waals surface area contributed by atoms with Crippen LogP contribution in [0.3, 0.4) is 0 Å². The van der Waals surface area contributed by atoms with E-state index in [-0.39, 0.29) is 17.5 Å². The molecular weight excluding hydrogens is 689 g/mol. The molecule has 11 nitrogen and oxygen atoms in total. The Hall–Kier alpha value is -4.84. The molecule has 1 unspecified atom stereocenters. The number of carbonyl (C=O) groups excluding carboxylic acids is 2. The van der Waals surface area contributed by atoms with E-state index in [2.05, 4.69) is 55.9 Å². The van der Waals surface area contributed by atoms with Crippen LogP contribution in [0.1, 0.15) is 109 Å². The van der Waals surface area contributed by atoms with Gasteiger partial charge in [-0.2, -0.15) is 5.10 Å². The Kier molecular flexibility index (Phi) is 10.3. The second-order valence-corrected chi connectivity index (χ2v) is 16.7. The van der Waals surface area contributed by atoms with E-state index in [1.807, 2.05) is 31.3 Å². The Morgan fingerprint density at radius 1 is 1.04 bits per heavy atom. The van der Waals surface area contributed by atoms with E-state index < -0.39 is 21.2 Å². The fourth-order valence-corrected chi connectivity index (χ4v) is 9.32. The maximum Gasteiger partial charge on any atom is 0.264 e. The van der Waals surface area contributed by atoms with Gasteiger partial charge in [0.15, 0.2) is 0 Å². The van der Waals surface area contributed by atoms with Crippen LogP contribution in [0.4, 0.5) is 0 Å². The molecule has 2 aromatic carbocycles. The van der Waals surface area contributed by atoms with Gasteiger partial charge in [-0.25, -0.2) is 13.1 Å². The molecule has 0 saturated heterocycles. The molecule has 53 heavy (non-hydrogen) atoms. The van der Waals surface area contributed by atoms with Gasteiger partial charge in [-0.05, 0) is 105 Å². The fraction of sp³-hybridized carbons (Fsp3) is 0.439. The molecule has 7 rings (SSSR count). The highest BCUT2D eigenvalue weighted by Gasteiger charge is 2.32. The Morgan fingerprint density at radius 2 is 1.83 bits per heavy atom. The van der Waals surface area contributed by atoms with E-state index >= 15 is 0 Å². The smallest absolute Gasteiger partial charge is 0.264 e. The Labute approximate surface area is 312 Å². The van der Waals surface area contributed by atoms with Gasteiger partial charge in [-0.1, -0.05) is 38.3 Å². The first-order valence-electron chi connectivity index (χ1n) is 18.9. The van der Waals surface area contributed by atoms with Gasteiger partial charge in [0.1, 0.15) is 5.75 Å². The number of hydrogen-bond donors (Lipinski definition) is 2. The average Bonchev–Trinajstić information content (AvgIpc) is 3.85. The summed E-state index contributed by atoms with van der Waals surface area (Å²) in [5, 5.41) is 8.10. The van der Waals surface area contributed by atoms with Crippen molar-refractivity contribution in [1.29, 1.82) is 0 Å². The number of sulfonamides is 1. The molecule has 2 atom stereocenters. The summed E-state index contributed by atoms with van der Waals surface area (Å²) in [5.41, 5.74) is 7.48. The SMILES string of the molecule is CCC(C)S(=O)(=O)NC(=O)c1ccc2c(C3CCCCC3)c3n(c2c1)CC(c1c(C(=O)NC[C@@H]2CC=CN2CC)cnn1C)=Cc1cc(OC)ccc1-3. The van der Waals surface area contributed by atoms with Crippen LogP contribution in [0.25, 0.3) is 33.8 Å². The molecular formula is C41H50N6O5S. The van der Waals surface area contributed by atoms with Gasteiger partial charge in [-0.15, -0.1) is 0 Å². The van der Waals surface area contributed by atoms with Crippen molar-refractivity contribution in [3.8, 4) is 17.0 Å². The molecule has 1 aliphatic carbocycles. The topological polar surface area (TPSA) is 128 Å². The minimum absolute atomic E-state index is 0.186. The summed E-state index contributed by atoms with van der Waals surface area (Å²) in [6.45, 7) is 7.27. The van der Waals surface area contributed by atoms with Crippen LogP contribution >= 0.6 is 0 Å². The van der Waals surface area contributed by atoms with Crippen LogP contribution in [-0.4, -0.2) is 71.0 Å². The van der Waals surface area contributed by atoms with Gasteiger partial charge in [-0.3, -0.25) is 14.3 Å². The molecule has 2 aromatic heterocycles. The van der Waals surface area contributed by atoms with Gasteiger partial charge in [0.05, 0.1) is 42.1 Å². The van der Waals surface area contributed by atoms with Crippen LogP contribution in [0.15, 0.2) is 54.9 Å². The highest BCUT2D eigenvalue weighted by atomic mass is 32.2. The highest BCUT2D eigenvalue weighted by molar-refractivity contribution is 7.90. The first kappa shape index (κ1) is 36.5. The Morgan fingerprint density at radius 3 is 2.57 bits per heavy atom. The first-order chi connectivity index (χ1) is 25.5. The van der Waals surface area contributed by atoms with Gasteiger partial charge in [0, 0.05) is 48.2 Å². The minimum atomic E-state index is -3.84. The third-order valence-corrected chi connectivity index (χ3v) is 13.3. The van der Waals surface area contributed by atoms with Gasteiger partial charge < -0.3 is 19.5 Å². The predicted octanol–water partition coefficient (Wildman–Crippen LogP) is 6.85. The summed E-state index contributed by atoms with van der Waals surface area (Å²) in [4.78, 5) is 29.7. The van der Waals surface area contributed by atoms with Crippen LogP contribution < -0.4 is 14.8 Å². The summed E-state index contributed by atoms with van der Waals surface area (Å²) in [7, 11) is -0.334. The molecule has 12 heteroatoms. The number of ether oxygens (including phenoxy) is 1. The molecule has 4 aromatic rings. The number of methoxy groups -OCH3 is 1. The molecule has 2 amide bonds. The zero-order valence-corrected chi connectivity index (χ0v) is 32.1. The molecule has 4 heterocycles. The number of amides is 2. The van der Waals surface area contributed by atoms with Crippen LogP contribution in [0.2, 0.25) is 0 Å². The van der Waals surface area contributed by atoms with E-state index in [4.69, 9.17) is 4.74 Å². The number of aryl methyl sites for hydroxylation is 1. The van der Waals surface area contributed by atoms with Crippen molar-refractivity contribution >= 4 is 44.4 Å². The number of likely N-dealkylation sites (N-methyl/N-ethyl adjacent to an activating group) is 1. The summed E-state index contributed by atoms with van der Waals surface area (Å²) in [5.74, 6) is 0.198. The zero-order chi connectivity index (χ0) is 37.4. The lowest BCUT2D eigenvalue weighted by Crippen LogP contribution is -2.39. The molecule has 1 fully saturated rings. The first-order valence-corrected chi connectivity index (χ1v) is 20.4. The molecule has 0 spiro atoms. The summed E-state index contributed by atoms with van der Waals surface area (Å²) < 4.78 is 37.9. The van der Waals surface area contributed by atoms with E-state index in [0.29, 0.717) is 36.7 Å². The maximum atomic E-state index is 13.9. The second-order valence-electron chi connectivity index (χ2n) is 14.6. The zero-order valence-electron chi connectivity index (χ0n) is 31.3. The van der Waals surface area contributed by atoms with E-state index in [1.165, 1.54) is 12.0 Å². The summed E-state index contributed by atoms with van der Waals surface area (Å²) in [6.07, 6.45) is 14.9. The maximum absolute atomic E-state index is 13.9. The monoisotopic (exact) mass is 738 g/mol. The van der Waals surface area contributed by atoms with Crippen molar-refractivity contribution in [2.75, 3.05) is 20.2 Å². The lowest BCUT2D eigenvalue weighted by molar-refractivity contribution is 0.0941. The number of allylic oxidation sites excluding steroid dienone is 1. The van der Waals surface area contributed by atoms with Crippen molar-refractivity contribution < 1.29 is 22.7 Å². The molecule has 0 radical (unpaired) electrons. The number of nitrogens with zero attached hydrogens (tertiary/aromatic N) is 4. The van der Waals surface area contributed by atoms with E-state index in [9.17, 15) is 18.0 Å². The third-order valence-electron chi connectivity index (χ3n) is 11.4. The van der Waals surface area contributed by atoms with Crippen LogP contribution in [-0.2, 0) is 23.6 Å². The number of aromatic nitrogens is 3. The number of nitrogens with one attached hydrogen (secondary N) is 2. The largest absolute Gasteiger partial charge is 0.497 e. The number of carbonyl (C=O) groups is 2. The minimum Gasteiger partial charge on any atom is -0.497 e. The number of hydrogen-bond acceptors (Lipinski definition) is 7. The average molecular weight is 739 g/mol. The molecule has 1 saturated carbocycles. The van der Waals surface area contributed by atoms with Crippen molar-refractivity contribution in [2.45, 2.75) is 89.5 Å². The molecule has 0 bridgehead atoms. The van der Waals surface area contributed by atoms with E-state index in [0.717, 1.165) is 77.7 Å². The lowest BCUT2D eigenvalue weighted by atomic mass is 9.81. The Bertz CT molecular complexity index is 2230. The summed E-state index contributed by atoms with van der Waals surface area (Å²) in [6, 6.07) is 11.9. The van der Waals surface area contributed by atoms with Gasteiger partial charge in [0.2, 0.25) is 10.0 Å². The van der Waals surface area contributed by atoms with Crippen molar-refractivity contribution in [3.63, 3.8) is 0 Å². The number of benzene rings is 2. The Balaban J connectivity index is 1.37. The highest BCUT2D eigenvalue weighted by Crippen LogP contribution is 2.48. The second kappa shape index (κ2) is 14.9. The van der Waals surface area contributed by atoms with Crippen LogP contribution in [0, 0.1) is 0 Å². The summed E-state index contributed by atoms with van der Waals surface area (Å²) >= 11 is 0. The van der Waals surface area contributed by atoms with Gasteiger partial charge in [0.25, 0.3) is 11.8 Å². The quantitative estimate of drug-likeness (QED) is 0.172. The van der Waals surface area contributed by atoms with Crippen molar-refractivity contribution in [1.82, 2.24) is 29.3 Å². The molecule has 280 valence electrons.